The second-order valence-corrected chi connectivity index (χ2v) is 8.82. The van der Waals surface area contributed by atoms with Crippen LogP contribution in [-0.2, 0) is 0 Å². The highest BCUT2D eigenvalue weighted by molar-refractivity contribution is 5.88. The highest BCUT2D eigenvalue weighted by atomic mass is 19.1. The zero-order chi connectivity index (χ0) is 25.4. The summed E-state index contributed by atoms with van der Waals surface area (Å²) in [4.78, 5) is 34.0. The third-order valence-corrected chi connectivity index (χ3v) is 5.89. The van der Waals surface area contributed by atoms with Gasteiger partial charge in [0.1, 0.15) is 17.3 Å². The van der Waals surface area contributed by atoms with Crippen LogP contribution in [0.15, 0.2) is 36.5 Å². The fourth-order valence-corrected chi connectivity index (χ4v) is 3.96. The number of carbonyl (C=O) groups excluding carboxylic acids is 1. The van der Waals surface area contributed by atoms with Crippen LogP contribution in [0.5, 0.6) is 11.5 Å². The SMILES string of the molecule is CN(C)CCCN1CCC(N(C)C(=O)Nc2cc(Oc3ccc(NC(=O)O)c(F)c3)ccn2)CC1. The number of ether oxygens (including phenoxy) is 1. The summed E-state index contributed by atoms with van der Waals surface area (Å²) in [6.07, 6.45) is 3.09. The topological polar surface area (TPSA) is 110 Å². The van der Waals surface area contributed by atoms with E-state index in [1.807, 2.05) is 5.32 Å². The molecule has 1 fully saturated rings. The zero-order valence-corrected chi connectivity index (χ0v) is 20.3. The Morgan fingerprint density at radius 3 is 2.51 bits per heavy atom. The Labute approximate surface area is 204 Å². The van der Waals surface area contributed by atoms with Crippen molar-refractivity contribution < 1.29 is 23.8 Å². The van der Waals surface area contributed by atoms with Crippen molar-refractivity contribution in [2.45, 2.75) is 25.3 Å². The number of likely N-dealkylation sites (tertiary alicyclic amines) is 1. The fourth-order valence-electron chi connectivity index (χ4n) is 3.96. The minimum Gasteiger partial charge on any atom is -0.465 e. The number of hydrogen-bond donors (Lipinski definition) is 3. The van der Waals surface area contributed by atoms with E-state index in [2.05, 4.69) is 34.2 Å². The molecular formula is C24H33FN6O4. The van der Waals surface area contributed by atoms with Crippen LogP contribution in [-0.4, -0.2) is 90.3 Å². The lowest BCUT2D eigenvalue weighted by atomic mass is 10.0. The molecule has 0 unspecified atom stereocenters. The van der Waals surface area contributed by atoms with Crippen LogP contribution in [0, 0.1) is 5.82 Å². The molecule has 190 valence electrons. The van der Waals surface area contributed by atoms with Crippen LogP contribution in [0.2, 0.25) is 0 Å². The number of nitrogens with zero attached hydrogens (tertiary/aromatic N) is 4. The van der Waals surface area contributed by atoms with Crippen molar-refractivity contribution in [3.63, 3.8) is 0 Å². The van der Waals surface area contributed by atoms with E-state index >= 15 is 0 Å². The number of amides is 3. The van der Waals surface area contributed by atoms with Gasteiger partial charge in [-0.15, -0.1) is 0 Å². The molecular weight excluding hydrogens is 455 g/mol. The minimum absolute atomic E-state index is 0.153. The van der Waals surface area contributed by atoms with Crippen LogP contribution >= 0.6 is 0 Å². The monoisotopic (exact) mass is 488 g/mol. The van der Waals surface area contributed by atoms with Crippen molar-refractivity contribution in [3.05, 3.63) is 42.3 Å². The molecule has 3 rings (SSSR count). The molecule has 35 heavy (non-hydrogen) atoms. The van der Waals surface area contributed by atoms with Gasteiger partial charge in [0.25, 0.3) is 0 Å². The second kappa shape index (κ2) is 12.3. The molecule has 2 heterocycles. The van der Waals surface area contributed by atoms with Crippen LogP contribution in [0.25, 0.3) is 0 Å². The van der Waals surface area contributed by atoms with Gasteiger partial charge in [0.15, 0.2) is 5.82 Å². The first-order chi connectivity index (χ1) is 16.7. The van der Waals surface area contributed by atoms with Crippen molar-refractivity contribution in [2.75, 3.05) is 58.0 Å². The van der Waals surface area contributed by atoms with Crippen LogP contribution in [0.4, 0.5) is 25.5 Å². The van der Waals surface area contributed by atoms with Crippen LogP contribution < -0.4 is 15.4 Å². The van der Waals surface area contributed by atoms with E-state index in [4.69, 9.17) is 9.84 Å². The van der Waals surface area contributed by atoms with E-state index < -0.39 is 11.9 Å². The first-order valence-corrected chi connectivity index (χ1v) is 11.6. The number of piperidine rings is 1. The van der Waals surface area contributed by atoms with Gasteiger partial charge in [-0.25, -0.2) is 19.0 Å². The third kappa shape index (κ3) is 8.08. The molecule has 3 N–H and O–H groups in total. The molecule has 1 aromatic carbocycles. The number of pyridine rings is 1. The van der Waals surface area contributed by atoms with E-state index in [1.54, 1.807) is 24.1 Å². The first-order valence-electron chi connectivity index (χ1n) is 11.6. The quantitative estimate of drug-likeness (QED) is 0.490. The molecule has 11 heteroatoms. The van der Waals surface area contributed by atoms with E-state index in [1.165, 1.54) is 18.3 Å². The smallest absolute Gasteiger partial charge is 0.409 e. The summed E-state index contributed by atoms with van der Waals surface area (Å²) in [5, 5.41) is 13.5. The average molecular weight is 489 g/mol. The van der Waals surface area contributed by atoms with Gasteiger partial charge in [0.2, 0.25) is 0 Å². The van der Waals surface area contributed by atoms with Crippen molar-refractivity contribution >= 4 is 23.6 Å². The Balaban J connectivity index is 1.51. The van der Waals surface area contributed by atoms with Gasteiger partial charge in [0, 0.05) is 44.5 Å². The largest absolute Gasteiger partial charge is 0.465 e. The maximum Gasteiger partial charge on any atom is 0.409 e. The number of aromatic nitrogens is 1. The number of benzene rings is 1. The number of nitrogens with one attached hydrogen (secondary N) is 2. The summed E-state index contributed by atoms with van der Waals surface area (Å²) in [6, 6.07) is 6.80. The van der Waals surface area contributed by atoms with Crippen molar-refractivity contribution in [3.8, 4) is 11.5 Å². The Hall–Kier alpha value is -3.44. The molecule has 10 nitrogen and oxygen atoms in total. The minimum atomic E-state index is -1.36. The molecule has 0 radical (unpaired) electrons. The summed E-state index contributed by atoms with van der Waals surface area (Å²) in [6.45, 7) is 4.07. The van der Waals surface area contributed by atoms with Crippen molar-refractivity contribution in [2.24, 2.45) is 0 Å². The molecule has 1 aliphatic rings. The van der Waals surface area contributed by atoms with Crippen molar-refractivity contribution in [1.82, 2.24) is 19.7 Å². The molecule has 0 atom stereocenters. The fraction of sp³-hybridized carbons (Fsp3) is 0.458. The molecule has 3 amide bonds. The molecule has 0 saturated carbocycles. The number of rotatable bonds is 9. The van der Waals surface area contributed by atoms with Gasteiger partial charge < -0.3 is 24.5 Å². The Bertz CT molecular complexity index is 1010. The third-order valence-electron chi connectivity index (χ3n) is 5.89. The maximum absolute atomic E-state index is 14.1. The van der Waals surface area contributed by atoms with Crippen LogP contribution in [0.3, 0.4) is 0 Å². The lowest BCUT2D eigenvalue weighted by Gasteiger charge is -2.36. The number of urea groups is 1. The predicted molar refractivity (Wildman–Crippen MR) is 132 cm³/mol. The van der Waals surface area contributed by atoms with Gasteiger partial charge in [-0.2, -0.15) is 0 Å². The lowest BCUT2D eigenvalue weighted by molar-refractivity contribution is 0.138. The maximum atomic E-state index is 14.1. The molecule has 0 bridgehead atoms. The van der Waals surface area contributed by atoms with Gasteiger partial charge in [-0.3, -0.25) is 10.6 Å². The first kappa shape index (κ1) is 26.2. The normalized spacial score (nSPS) is 14.5. The lowest BCUT2D eigenvalue weighted by Crippen LogP contribution is -2.47. The molecule has 1 saturated heterocycles. The number of anilines is 2. The summed E-state index contributed by atoms with van der Waals surface area (Å²) in [7, 11) is 5.95. The van der Waals surface area contributed by atoms with E-state index in [0.29, 0.717) is 11.6 Å². The summed E-state index contributed by atoms with van der Waals surface area (Å²) in [5.74, 6) is 0.0710. The average Bonchev–Trinajstić information content (AvgIpc) is 2.80. The molecule has 0 spiro atoms. The standard InChI is InChI=1S/C24H33FN6O4/c1-29(2)11-4-12-31-13-8-17(9-14-31)30(3)23(32)28-22-16-19(7-10-26-22)35-18-5-6-21(20(25)15-18)27-24(33)34/h5-7,10,15-17,27H,4,8-9,11-14H2,1-3H3,(H,33,34)(H,26,28,32). The number of halogens is 1. The van der Waals surface area contributed by atoms with E-state index in [9.17, 15) is 14.0 Å². The van der Waals surface area contributed by atoms with Gasteiger partial charge in [0.05, 0.1) is 5.69 Å². The van der Waals surface area contributed by atoms with Gasteiger partial charge >= 0.3 is 12.1 Å². The summed E-state index contributed by atoms with van der Waals surface area (Å²) >= 11 is 0. The van der Waals surface area contributed by atoms with E-state index in [-0.39, 0.29) is 23.5 Å². The van der Waals surface area contributed by atoms with E-state index in [0.717, 1.165) is 51.5 Å². The molecule has 0 aliphatic carbocycles. The van der Waals surface area contributed by atoms with Crippen molar-refractivity contribution in [1.29, 1.82) is 0 Å². The predicted octanol–water partition coefficient (Wildman–Crippen LogP) is 3.98. The summed E-state index contributed by atoms with van der Waals surface area (Å²) in [5.41, 5.74) is -0.171. The van der Waals surface area contributed by atoms with Crippen LogP contribution in [0.1, 0.15) is 19.3 Å². The molecule has 2 aromatic rings. The van der Waals surface area contributed by atoms with Gasteiger partial charge in [-0.1, -0.05) is 0 Å². The highest BCUT2D eigenvalue weighted by Gasteiger charge is 2.25. The summed E-state index contributed by atoms with van der Waals surface area (Å²) < 4.78 is 19.7. The number of carbonyl (C=O) groups is 2. The second-order valence-electron chi connectivity index (χ2n) is 8.82. The Kier molecular flexibility index (Phi) is 9.21. The highest BCUT2D eigenvalue weighted by Crippen LogP contribution is 2.27. The number of carboxylic acid groups (broad SMARTS) is 1. The number of hydrogen-bond acceptors (Lipinski definition) is 6. The zero-order valence-electron chi connectivity index (χ0n) is 20.3. The Morgan fingerprint density at radius 1 is 1.14 bits per heavy atom. The molecule has 1 aromatic heterocycles. The van der Waals surface area contributed by atoms with Gasteiger partial charge in [-0.05, 0) is 64.6 Å². The molecule has 1 aliphatic heterocycles. The Morgan fingerprint density at radius 2 is 1.86 bits per heavy atom.